The van der Waals surface area contributed by atoms with Gasteiger partial charge in [0.25, 0.3) is 0 Å². The molecule has 0 atom stereocenters. The molecule has 0 aliphatic carbocycles. The normalized spacial score (nSPS) is 11.8. The summed E-state index contributed by atoms with van der Waals surface area (Å²) in [6.07, 6.45) is 4.06. The van der Waals surface area contributed by atoms with Crippen molar-refractivity contribution in [2.75, 3.05) is 0 Å². The Kier molecular flexibility index (Phi) is 22.5. The van der Waals surface area contributed by atoms with Crippen molar-refractivity contribution in [1.82, 2.24) is 0 Å². The fraction of sp³-hybridized carbons (Fsp3) is 0.571. The minimum absolute atomic E-state index is 0. The summed E-state index contributed by atoms with van der Waals surface area (Å²) < 4.78 is 0. The number of hydrogen-bond acceptors (Lipinski definition) is 3. The molecule has 0 aromatic carbocycles. The summed E-state index contributed by atoms with van der Waals surface area (Å²) in [5, 5.41) is 26.9. The zero-order valence-electron chi connectivity index (χ0n) is 18.5. The van der Waals surface area contributed by atoms with Crippen LogP contribution in [0.25, 0.3) is 0 Å². The molecule has 0 aromatic heterocycles. The van der Waals surface area contributed by atoms with Crippen molar-refractivity contribution in [2.24, 2.45) is 17.8 Å². The molecule has 0 spiro atoms. The van der Waals surface area contributed by atoms with E-state index in [0.29, 0.717) is 0 Å². The van der Waals surface area contributed by atoms with Crippen LogP contribution in [0.3, 0.4) is 0 Å². The third-order valence-corrected chi connectivity index (χ3v) is 2.84. The van der Waals surface area contributed by atoms with Gasteiger partial charge in [0, 0.05) is 17.8 Å². The van der Waals surface area contributed by atoms with Gasteiger partial charge in [-0.2, -0.15) is 0 Å². The van der Waals surface area contributed by atoms with Crippen LogP contribution in [0, 0.1) is 17.8 Å². The second-order valence-electron chi connectivity index (χ2n) is 7.10. The van der Waals surface area contributed by atoms with Crippen molar-refractivity contribution in [3.63, 3.8) is 0 Å². The fourth-order valence-electron chi connectivity index (χ4n) is 1.14. The number of allylic oxidation sites excluding steroid dienone is 6. The summed E-state index contributed by atoms with van der Waals surface area (Å²) in [4.78, 5) is 26.0. The summed E-state index contributed by atoms with van der Waals surface area (Å²) in [6, 6.07) is 0. The molecule has 0 aromatic rings. The molecule has 0 fully saturated rings. The molecule has 28 heavy (non-hydrogen) atoms. The summed E-state index contributed by atoms with van der Waals surface area (Å²) in [5.74, 6) is 1.34. The second-order valence-corrected chi connectivity index (χ2v) is 7.10. The molecular weight excluding hydrogens is 540 g/mol. The molecule has 0 amide bonds. The van der Waals surface area contributed by atoms with Gasteiger partial charge >= 0.3 is 17.3 Å². The predicted octanol–water partition coefficient (Wildman–Crippen LogP) is 4.94. The van der Waals surface area contributed by atoms with Gasteiger partial charge in [0.2, 0.25) is 0 Å². The summed E-state index contributed by atoms with van der Waals surface area (Å²) in [6.45, 7) is 15.7. The van der Waals surface area contributed by atoms with Crippen molar-refractivity contribution in [1.29, 1.82) is 0 Å². The Morgan fingerprint density at radius 1 is 0.536 bits per heavy atom. The van der Waals surface area contributed by atoms with Gasteiger partial charge in [-0.25, -0.2) is 0 Å². The molecule has 0 aliphatic rings. The van der Waals surface area contributed by atoms with Gasteiger partial charge in [-0.3, -0.25) is 14.4 Å². The number of ketones is 3. The van der Waals surface area contributed by atoms with E-state index < -0.39 is 0 Å². The van der Waals surface area contributed by atoms with Crippen LogP contribution in [0.4, 0.5) is 0 Å². The van der Waals surface area contributed by atoms with Gasteiger partial charge in [0.15, 0.2) is 0 Å². The molecule has 0 bridgehead atoms. The molecule has 0 aliphatic heterocycles. The standard InChI is InChI=1S/3C7H12O2.Ir/c3*1-5(2)7(9)4-6(3)8;/h3*4-5,9H,1-3H3;/q;;;-3/p+3/b3*7-4-;. The maximum absolute atomic E-state index is 8.98. The Morgan fingerprint density at radius 2 is 0.679 bits per heavy atom. The molecule has 0 saturated carbocycles. The molecule has 0 radical (unpaired) electrons. The Balaban J connectivity index is -0.000000152. The van der Waals surface area contributed by atoms with E-state index in [2.05, 4.69) is 0 Å². The summed E-state index contributed by atoms with van der Waals surface area (Å²) >= 11 is 0. The minimum Gasteiger partial charge on any atom is -3.00 e. The smallest absolute Gasteiger partial charge is 0.316 e. The van der Waals surface area contributed by atoms with E-state index in [-0.39, 0.29) is 72.5 Å². The first-order chi connectivity index (χ1) is 12.1. The Bertz CT molecular complexity index is 489. The predicted molar refractivity (Wildman–Crippen MR) is 114 cm³/mol. The number of rotatable bonds is 6. The topological polar surface area (TPSA) is 125 Å². The fourth-order valence-corrected chi connectivity index (χ4v) is 1.14. The molecule has 7 heteroatoms. The largest absolute Gasteiger partial charge is 3.00 e. The number of carbonyl (C=O) groups excluding carboxylic acids is 3. The van der Waals surface area contributed by atoms with Crippen molar-refractivity contribution in [2.45, 2.75) is 62.3 Å². The monoisotopic (exact) mass is 580 g/mol. The third-order valence-electron chi connectivity index (χ3n) is 2.84. The first-order valence-corrected chi connectivity index (χ1v) is 8.90. The van der Waals surface area contributed by atoms with Crippen molar-refractivity contribution < 1.29 is 49.8 Å². The van der Waals surface area contributed by atoms with Crippen LogP contribution >= 0.6 is 0 Å². The number of hydrogen-bond donors (Lipinski definition) is 3. The Hall–Kier alpha value is -1.72. The maximum atomic E-state index is 8.98. The molecular formula is C21H39IrO6. The van der Waals surface area contributed by atoms with Crippen LogP contribution in [-0.4, -0.2) is 47.1 Å². The minimum atomic E-state index is 0. The molecule has 0 rings (SSSR count). The van der Waals surface area contributed by atoms with E-state index in [4.69, 9.17) is 29.7 Å². The molecule has 0 heterocycles. The molecule has 168 valence electrons. The van der Waals surface area contributed by atoms with E-state index >= 15 is 0 Å². The average molecular weight is 580 g/mol. The van der Waals surface area contributed by atoms with E-state index in [9.17, 15) is 0 Å². The zero-order valence-corrected chi connectivity index (χ0v) is 20.9. The van der Waals surface area contributed by atoms with E-state index in [1.54, 1.807) is 0 Å². The first kappa shape index (κ1) is 33.8. The second kappa shape index (κ2) is 18.6. The zero-order chi connectivity index (χ0) is 22.3. The quantitative estimate of drug-likeness (QED) is 0.234. The van der Waals surface area contributed by atoms with Crippen molar-refractivity contribution in [3.8, 4) is 0 Å². The van der Waals surface area contributed by atoms with Gasteiger partial charge in [-0.15, -0.1) is 0 Å². The summed E-state index contributed by atoms with van der Waals surface area (Å²) in [5.41, 5.74) is 0. The first-order valence-electron chi connectivity index (χ1n) is 8.90. The Labute approximate surface area is 182 Å². The van der Waals surface area contributed by atoms with Gasteiger partial charge in [-0.1, -0.05) is 41.5 Å². The van der Waals surface area contributed by atoms with Crippen LogP contribution in [0.1, 0.15) is 62.3 Å². The number of aliphatic hydroxyl groups is 3. The van der Waals surface area contributed by atoms with Gasteiger partial charge < -0.3 is 35.4 Å². The third kappa shape index (κ3) is 26.5. The molecule has 0 unspecified atom stereocenters. The van der Waals surface area contributed by atoms with Crippen LogP contribution in [-0.2, 0) is 20.1 Å². The van der Waals surface area contributed by atoms with Crippen LogP contribution < -0.4 is 0 Å². The van der Waals surface area contributed by atoms with E-state index in [1.807, 2.05) is 41.5 Å². The maximum Gasteiger partial charge on any atom is 0.316 e. The van der Waals surface area contributed by atoms with Gasteiger partial charge in [-0.05, 0) is 0 Å². The Morgan fingerprint density at radius 3 is 0.714 bits per heavy atom. The molecule has 6 nitrogen and oxygen atoms in total. The van der Waals surface area contributed by atoms with Crippen molar-refractivity contribution >= 4 is 17.3 Å². The van der Waals surface area contributed by atoms with Crippen LogP contribution in [0.15, 0.2) is 35.5 Å². The SMILES string of the molecule is CC(=[OH+])/C=C(\O)C(C)C.CC(=[OH+])/C=C(\O)C(C)C.CC(=[OH+])/C=C(\O)C(C)C.[Ir-3]. The van der Waals surface area contributed by atoms with Crippen LogP contribution in [0.5, 0.6) is 0 Å². The molecule has 6 N–H and O–H groups in total. The van der Waals surface area contributed by atoms with Crippen molar-refractivity contribution in [3.05, 3.63) is 35.5 Å². The summed E-state index contributed by atoms with van der Waals surface area (Å²) in [7, 11) is 0. The molecule has 0 saturated heterocycles. The van der Waals surface area contributed by atoms with Gasteiger partial charge in [0.1, 0.15) is 17.3 Å². The number of aliphatic hydroxyl groups excluding tert-OH is 3. The van der Waals surface area contributed by atoms with E-state index in [1.165, 1.54) is 39.0 Å². The van der Waals surface area contributed by atoms with Crippen LogP contribution in [0.2, 0.25) is 0 Å². The van der Waals surface area contributed by atoms with Gasteiger partial charge in [0.05, 0.1) is 39.0 Å². The average Bonchev–Trinajstić information content (AvgIpc) is 2.46. The van der Waals surface area contributed by atoms with E-state index in [0.717, 1.165) is 0 Å².